The van der Waals surface area contributed by atoms with Gasteiger partial charge in [-0.05, 0) is 31.9 Å². The Bertz CT molecular complexity index is 820. The van der Waals surface area contributed by atoms with E-state index in [-0.39, 0.29) is 5.25 Å². The standard InChI is InChI=1S/C15H20N6O2S/c1-12-16-6-7-21(12)15-5-4-14(17-18-15)19-8-10-20(11-9-19)24(22,23)13-2-3-13/h4-7,13H,2-3,8-11H2,1H3. The van der Waals surface area contributed by atoms with Crippen molar-refractivity contribution in [2.75, 3.05) is 31.1 Å². The molecule has 1 aliphatic carbocycles. The van der Waals surface area contributed by atoms with Crippen molar-refractivity contribution in [1.82, 2.24) is 24.1 Å². The van der Waals surface area contributed by atoms with Crippen LogP contribution in [0.15, 0.2) is 24.5 Å². The number of nitrogens with zero attached hydrogens (tertiary/aromatic N) is 6. The van der Waals surface area contributed by atoms with Crippen molar-refractivity contribution in [1.29, 1.82) is 0 Å². The number of hydrogen-bond acceptors (Lipinski definition) is 6. The minimum absolute atomic E-state index is 0.137. The van der Waals surface area contributed by atoms with E-state index in [1.165, 1.54) is 0 Å². The molecule has 2 fully saturated rings. The lowest BCUT2D eigenvalue weighted by molar-refractivity contribution is 0.382. The molecule has 2 aliphatic rings. The zero-order valence-corrected chi connectivity index (χ0v) is 14.4. The fourth-order valence-electron chi connectivity index (χ4n) is 2.98. The van der Waals surface area contributed by atoms with Gasteiger partial charge in [0.25, 0.3) is 0 Å². The molecule has 3 heterocycles. The number of aryl methyl sites for hydroxylation is 1. The molecule has 0 aromatic carbocycles. The second kappa shape index (κ2) is 5.82. The van der Waals surface area contributed by atoms with Gasteiger partial charge in [0.05, 0.1) is 5.25 Å². The van der Waals surface area contributed by atoms with Crippen LogP contribution in [0.25, 0.3) is 5.82 Å². The molecule has 8 nitrogen and oxygen atoms in total. The first-order valence-electron chi connectivity index (χ1n) is 8.14. The highest BCUT2D eigenvalue weighted by Gasteiger charge is 2.41. The lowest BCUT2D eigenvalue weighted by Crippen LogP contribution is -2.49. The van der Waals surface area contributed by atoms with Crippen LogP contribution in [0.1, 0.15) is 18.7 Å². The maximum Gasteiger partial charge on any atom is 0.217 e. The number of aromatic nitrogens is 4. The van der Waals surface area contributed by atoms with Crippen LogP contribution < -0.4 is 4.90 Å². The molecule has 0 atom stereocenters. The van der Waals surface area contributed by atoms with Crippen LogP contribution in [-0.4, -0.2) is 63.9 Å². The summed E-state index contributed by atoms with van der Waals surface area (Å²) >= 11 is 0. The van der Waals surface area contributed by atoms with Crippen molar-refractivity contribution < 1.29 is 8.42 Å². The van der Waals surface area contributed by atoms with Gasteiger partial charge in [0.15, 0.2) is 11.6 Å². The quantitative estimate of drug-likeness (QED) is 0.804. The second-order valence-electron chi connectivity index (χ2n) is 6.22. The summed E-state index contributed by atoms with van der Waals surface area (Å²) in [6.45, 7) is 4.23. The molecule has 0 radical (unpaired) electrons. The number of sulfonamides is 1. The van der Waals surface area contributed by atoms with E-state index in [0.717, 1.165) is 30.3 Å². The summed E-state index contributed by atoms with van der Waals surface area (Å²) in [6.07, 6.45) is 5.19. The molecule has 1 saturated heterocycles. The Labute approximate surface area is 141 Å². The SMILES string of the molecule is Cc1nccn1-c1ccc(N2CCN(S(=O)(=O)C3CC3)CC2)nn1. The number of rotatable bonds is 4. The van der Waals surface area contributed by atoms with Crippen LogP contribution >= 0.6 is 0 Å². The zero-order chi connectivity index (χ0) is 16.7. The lowest BCUT2D eigenvalue weighted by Gasteiger charge is -2.34. The minimum Gasteiger partial charge on any atom is -0.352 e. The minimum atomic E-state index is -3.08. The molecular formula is C15H20N6O2S. The molecule has 0 bridgehead atoms. The molecule has 24 heavy (non-hydrogen) atoms. The summed E-state index contributed by atoms with van der Waals surface area (Å²) in [5.41, 5.74) is 0. The molecule has 0 unspecified atom stereocenters. The highest BCUT2D eigenvalue weighted by molar-refractivity contribution is 7.90. The Hall–Kier alpha value is -2.00. The third-order valence-electron chi connectivity index (χ3n) is 4.58. The normalized spacial score (nSPS) is 19.6. The molecule has 9 heteroatoms. The molecule has 0 amide bonds. The maximum atomic E-state index is 12.3. The Morgan fingerprint density at radius 2 is 1.71 bits per heavy atom. The lowest BCUT2D eigenvalue weighted by atomic mass is 10.3. The van der Waals surface area contributed by atoms with Crippen LogP contribution in [0.4, 0.5) is 5.82 Å². The van der Waals surface area contributed by atoms with Gasteiger partial charge in [-0.2, -0.15) is 4.31 Å². The average Bonchev–Trinajstić information content (AvgIpc) is 3.38. The summed E-state index contributed by atoms with van der Waals surface area (Å²) in [5.74, 6) is 2.36. The van der Waals surface area contributed by atoms with Gasteiger partial charge in [-0.1, -0.05) is 0 Å². The van der Waals surface area contributed by atoms with Crippen LogP contribution in [0.3, 0.4) is 0 Å². The molecule has 2 aromatic rings. The predicted octanol–water partition coefficient (Wildman–Crippen LogP) is 0.585. The molecular weight excluding hydrogens is 328 g/mol. The number of piperazine rings is 1. The third-order valence-corrected chi connectivity index (χ3v) is 6.98. The Morgan fingerprint density at radius 3 is 2.25 bits per heavy atom. The van der Waals surface area contributed by atoms with Crippen molar-refractivity contribution in [2.24, 2.45) is 0 Å². The van der Waals surface area contributed by atoms with Crippen LogP contribution in [0.2, 0.25) is 0 Å². The average molecular weight is 348 g/mol. The first kappa shape index (κ1) is 15.5. The van der Waals surface area contributed by atoms with Gasteiger partial charge in [-0.25, -0.2) is 13.4 Å². The smallest absolute Gasteiger partial charge is 0.217 e. The van der Waals surface area contributed by atoms with Crippen LogP contribution in [-0.2, 0) is 10.0 Å². The largest absolute Gasteiger partial charge is 0.352 e. The fourth-order valence-corrected chi connectivity index (χ4v) is 4.81. The van der Waals surface area contributed by atoms with Crippen LogP contribution in [0.5, 0.6) is 0 Å². The number of hydrogen-bond donors (Lipinski definition) is 0. The molecule has 128 valence electrons. The summed E-state index contributed by atoms with van der Waals surface area (Å²) in [4.78, 5) is 6.26. The molecule has 1 aliphatic heterocycles. The topological polar surface area (TPSA) is 84.2 Å². The summed E-state index contributed by atoms with van der Waals surface area (Å²) in [5, 5.41) is 8.42. The fraction of sp³-hybridized carbons (Fsp3) is 0.533. The highest BCUT2D eigenvalue weighted by Crippen LogP contribution is 2.31. The van der Waals surface area contributed by atoms with Crippen molar-refractivity contribution in [3.63, 3.8) is 0 Å². The highest BCUT2D eigenvalue weighted by atomic mass is 32.2. The van der Waals surface area contributed by atoms with E-state index >= 15 is 0 Å². The zero-order valence-electron chi connectivity index (χ0n) is 13.5. The van der Waals surface area contributed by atoms with Gasteiger partial charge >= 0.3 is 0 Å². The van der Waals surface area contributed by atoms with Crippen molar-refractivity contribution in [2.45, 2.75) is 25.0 Å². The van der Waals surface area contributed by atoms with Gasteiger partial charge in [0.2, 0.25) is 10.0 Å². The molecule has 0 N–H and O–H groups in total. The van der Waals surface area contributed by atoms with Gasteiger partial charge in [-0.3, -0.25) is 4.57 Å². The second-order valence-corrected chi connectivity index (χ2v) is 8.44. The van der Waals surface area contributed by atoms with Gasteiger partial charge in [-0.15, -0.1) is 10.2 Å². The molecule has 1 saturated carbocycles. The van der Waals surface area contributed by atoms with Gasteiger partial charge in [0.1, 0.15) is 5.82 Å². The Morgan fingerprint density at radius 1 is 1.04 bits per heavy atom. The predicted molar refractivity (Wildman–Crippen MR) is 89.6 cm³/mol. The Kier molecular flexibility index (Phi) is 3.76. The van der Waals surface area contributed by atoms with Crippen molar-refractivity contribution in [3.05, 3.63) is 30.4 Å². The van der Waals surface area contributed by atoms with E-state index in [9.17, 15) is 8.42 Å². The summed E-state index contributed by atoms with van der Waals surface area (Å²) in [6, 6.07) is 3.83. The van der Waals surface area contributed by atoms with E-state index in [0.29, 0.717) is 26.2 Å². The van der Waals surface area contributed by atoms with E-state index < -0.39 is 10.0 Å². The van der Waals surface area contributed by atoms with Gasteiger partial charge in [0, 0.05) is 38.6 Å². The molecule has 4 rings (SSSR count). The maximum absolute atomic E-state index is 12.3. The third kappa shape index (κ3) is 2.78. The number of imidazole rings is 1. The van der Waals surface area contributed by atoms with Crippen molar-refractivity contribution >= 4 is 15.8 Å². The van der Waals surface area contributed by atoms with E-state index in [2.05, 4.69) is 20.1 Å². The summed E-state index contributed by atoms with van der Waals surface area (Å²) < 4.78 is 28.0. The summed E-state index contributed by atoms with van der Waals surface area (Å²) in [7, 11) is -3.08. The first-order valence-corrected chi connectivity index (χ1v) is 9.64. The van der Waals surface area contributed by atoms with E-state index in [1.807, 2.05) is 29.8 Å². The van der Waals surface area contributed by atoms with E-state index in [4.69, 9.17) is 0 Å². The molecule has 2 aromatic heterocycles. The van der Waals surface area contributed by atoms with Crippen molar-refractivity contribution in [3.8, 4) is 5.82 Å². The van der Waals surface area contributed by atoms with Gasteiger partial charge < -0.3 is 4.90 Å². The van der Waals surface area contributed by atoms with Crippen LogP contribution in [0, 0.1) is 6.92 Å². The molecule has 0 spiro atoms. The first-order chi connectivity index (χ1) is 11.6. The monoisotopic (exact) mass is 348 g/mol. The Balaban J connectivity index is 1.43. The number of anilines is 1. The van der Waals surface area contributed by atoms with E-state index in [1.54, 1.807) is 10.5 Å².